The molecule has 16 heavy (non-hydrogen) atoms. The van der Waals surface area contributed by atoms with Gasteiger partial charge in [0.2, 0.25) is 0 Å². The molecule has 5 nitrogen and oxygen atoms in total. The van der Waals surface area contributed by atoms with Gasteiger partial charge in [-0.25, -0.2) is 8.78 Å². The fourth-order valence-electron chi connectivity index (χ4n) is 1.33. The summed E-state index contributed by atoms with van der Waals surface area (Å²) in [6.45, 7) is 1.06. The van der Waals surface area contributed by atoms with Crippen LogP contribution in [0.25, 0.3) is 0 Å². The Morgan fingerprint density at radius 1 is 1.50 bits per heavy atom. The molecule has 1 aromatic rings. The average Bonchev–Trinajstić information content (AvgIpc) is 2.15. The van der Waals surface area contributed by atoms with Crippen molar-refractivity contribution in [3.63, 3.8) is 0 Å². The second-order valence-electron chi connectivity index (χ2n) is 3.08. The van der Waals surface area contributed by atoms with Gasteiger partial charge in [-0.1, -0.05) is 0 Å². The van der Waals surface area contributed by atoms with Crippen LogP contribution in [0.1, 0.15) is 29.3 Å². The van der Waals surface area contributed by atoms with Crippen molar-refractivity contribution in [1.82, 2.24) is 0 Å². The van der Waals surface area contributed by atoms with Crippen molar-refractivity contribution >= 4 is 17.2 Å². The van der Waals surface area contributed by atoms with Crippen LogP contribution in [-0.2, 0) is 0 Å². The van der Waals surface area contributed by atoms with E-state index in [4.69, 9.17) is 5.73 Å². The summed E-state index contributed by atoms with van der Waals surface area (Å²) in [5.41, 5.74) is 2.65. The molecule has 0 aliphatic rings. The van der Waals surface area contributed by atoms with E-state index in [1.165, 1.54) is 0 Å². The number of nitrogen functional groups attached to an aromatic ring is 1. The summed E-state index contributed by atoms with van der Waals surface area (Å²) in [6.07, 6.45) is -3.10. The van der Waals surface area contributed by atoms with Gasteiger partial charge in [0.25, 0.3) is 12.1 Å². The number of carbonyl (C=O) groups excluding carboxylic acids is 1. The van der Waals surface area contributed by atoms with Gasteiger partial charge in [-0.15, -0.1) is 0 Å². The second-order valence-corrected chi connectivity index (χ2v) is 3.08. The molecule has 0 atom stereocenters. The number of carbonyl (C=O) groups is 1. The summed E-state index contributed by atoms with van der Waals surface area (Å²) in [7, 11) is 0. The zero-order chi connectivity index (χ0) is 12.5. The van der Waals surface area contributed by atoms with Crippen LogP contribution in [-0.4, -0.2) is 10.7 Å². The van der Waals surface area contributed by atoms with Gasteiger partial charge in [-0.05, 0) is 19.1 Å². The molecular formula is C9H8F2N2O3. The molecule has 1 rings (SSSR count). The molecule has 0 saturated heterocycles. The van der Waals surface area contributed by atoms with Gasteiger partial charge < -0.3 is 5.73 Å². The minimum atomic E-state index is -3.10. The summed E-state index contributed by atoms with van der Waals surface area (Å²) >= 11 is 0. The number of hydrogen-bond donors (Lipinski definition) is 1. The average molecular weight is 230 g/mol. The molecule has 0 unspecified atom stereocenters. The van der Waals surface area contributed by atoms with Crippen molar-refractivity contribution in [2.75, 3.05) is 5.73 Å². The number of nitrogens with two attached hydrogens (primary N) is 1. The van der Waals surface area contributed by atoms with Gasteiger partial charge in [0, 0.05) is 5.69 Å². The van der Waals surface area contributed by atoms with E-state index in [0.29, 0.717) is 0 Å². The predicted octanol–water partition coefficient (Wildman–Crippen LogP) is 2.32. The molecule has 0 bridgehead atoms. The van der Waals surface area contributed by atoms with Gasteiger partial charge in [0.05, 0.1) is 10.5 Å². The maximum Gasteiger partial charge on any atom is 0.291 e. The first-order chi connectivity index (χ1) is 7.36. The normalized spacial score (nSPS) is 10.5. The monoisotopic (exact) mass is 230 g/mol. The van der Waals surface area contributed by atoms with Crippen LogP contribution >= 0.6 is 0 Å². The molecule has 0 aliphatic carbocycles. The second kappa shape index (κ2) is 4.21. The van der Waals surface area contributed by atoms with Crippen molar-refractivity contribution < 1.29 is 18.5 Å². The third kappa shape index (κ3) is 1.97. The number of ketones is 1. The van der Waals surface area contributed by atoms with E-state index in [1.54, 1.807) is 0 Å². The molecule has 0 aromatic heterocycles. The molecule has 0 radical (unpaired) electrons. The number of nitro groups is 1. The van der Waals surface area contributed by atoms with Gasteiger partial charge in [-0.3, -0.25) is 14.9 Å². The number of Topliss-reactive ketones (excluding diaryl/α,β-unsaturated/α-hetero) is 1. The van der Waals surface area contributed by atoms with E-state index < -0.39 is 34.1 Å². The van der Waals surface area contributed by atoms with Gasteiger partial charge >= 0.3 is 0 Å². The fraction of sp³-hybridized carbons (Fsp3) is 0.222. The lowest BCUT2D eigenvalue weighted by Gasteiger charge is -2.08. The predicted molar refractivity (Wildman–Crippen MR) is 52.5 cm³/mol. The SMILES string of the molecule is CC(=O)c1ccc(N)c(C(F)F)c1[N+](=O)[O-]. The highest BCUT2D eigenvalue weighted by Crippen LogP contribution is 2.36. The first kappa shape index (κ1) is 12.0. The first-order valence-electron chi connectivity index (χ1n) is 4.22. The van der Waals surface area contributed by atoms with Crippen molar-refractivity contribution in [2.45, 2.75) is 13.3 Å². The molecular weight excluding hydrogens is 222 g/mol. The van der Waals surface area contributed by atoms with E-state index in [-0.39, 0.29) is 5.56 Å². The highest BCUT2D eigenvalue weighted by Gasteiger charge is 2.29. The number of benzene rings is 1. The van der Waals surface area contributed by atoms with E-state index >= 15 is 0 Å². The smallest absolute Gasteiger partial charge is 0.291 e. The number of nitrogens with zero attached hydrogens (tertiary/aromatic N) is 1. The molecule has 0 aliphatic heterocycles. The van der Waals surface area contributed by atoms with Crippen LogP contribution in [0.3, 0.4) is 0 Å². The van der Waals surface area contributed by atoms with Crippen molar-refractivity contribution in [1.29, 1.82) is 0 Å². The van der Waals surface area contributed by atoms with Crippen molar-refractivity contribution in [3.8, 4) is 0 Å². The van der Waals surface area contributed by atoms with Crippen molar-refractivity contribution in [3.05, 3.63) is 33.4 Å². The Labute approximate surface area is 89.0 Å². The highest BCUT2D eigenvalue weighted by molar-refractivity contribution is 5.99. The summed E-state index contributed by atoms with van der Waals surface area (Å²) < 4.78 is 25.2. The van der Waals surface area contributed by atoms with E-state index in [1.807, 2.05) is 0 Å². The number of hydrogen-bond acceptors (Lipinski definition) is 4. The molecule has 0 spiro atoms. The van der Waals surface area contributed by atoms with Gasteiger partial charge in [0.15, 0.2) is 5.78 Å². The van der Waals surface area contributed by atoms with Crippen LogP contribution in [0, 0.1) is 10.1 Å². The topological polar surface area (TPSA) is 86.2 Å². The number of halogens is 2. The minimum absolute atomic E-state index is 0.366. The Hall–Kier alpha value is -2.05. The lowest BCUT2D eigenvalue weighted by atomic mass is 10.0. The molecule has 7 heteroatoms. The molecule has 0 amide bonds. The molecule has 1 aromatic carbocycles. The van der Waals surface area contributed by atoms with Crippen molar-refractivity contribution in [2.24, 2.45) is 0 Å². The maximum absolute atomic E-state index is 12.6. The highest BCUT2D eigenvalue weighted by atomic mass is 19.3. The summed E-state index contributed by atoms with van der Waals surface area (Å²) in [6, 6.07) is 2.13. The van der Waals surface area contributed by atoms with E-state index in [9.17, 15) is 23.7 Å². The fourth-order valence-corrected chi connectivity index (χ4v) is 1.33. The number of rotatable bonds is 3. The molecule has 2 N–H and O–H groups in total. The first-order valence-corrected chi connectivity index (χ1v) is 4.22. The molecule has 86 valence electrons. The largest absolute Gasteiger partial charge is 0.398 e. The van der Waals surface area contributed by atoms with Crippen LogP contribution in [0.15, 0.2) is 12.1 Å². The Morgan fingerprint density at radius 2 is 2.06 bits per heavy atom. The Bertz CT molecular complexity index is 460. The quantitative estimate of drug-likeness (QED) is 0.373. The van der Waals surface area contributed by atoms with E-state index in [0.717, 1.165) is 19.1 Å². The summed E-state index contributed by atoms with van der Waals surface area (Å²) in [5.74, 6) is -0.659. The summed E-state index contributed by atoms with van der Waals surface area (Å²) in [5, 5.41) is 10.7. The lowest BCUT2D eigenvalue weighted by Crippen LogP contribution is -2.07. The summed E-state index contributed by atoms with van der Waals surface area (Å²) in [4.78, 5) is 20.7. The zero-order valence-corrected chi connectivity index (χ0v) is 8.24. The molecule has 0 fully saturated rings. The number of nitro benzene ring substituents is 1. The zero-order valence-electron chi connectivity index (χ0n) is 8.24. The van der Waals surface area contributed by atoms with Crippen LogP contribution in [0.4, 0.5) is 20.2 Å². The number of alkyl halides is 2. The molecule has 0 heterocycles. The van der Waals surface area contributed by atoms with Crippen LogP contribution in [0.2, 0.25) is 0 Å². The standard InChI is InChI=1S/C9H8F2N2O3/c1-4(14)5-2-3-6(12)7(9(10)11)8(5)13(15)16/h2-3,9H,12H2,1H3. The maximum atomic E-state index is 12.6. The minimum Gasteiger partial charge on any atom is -0.398 e. The Balaban J connectivity index is 3.63. The number of anilines is 1. The van der Waals surface area contributed by atoms with E-state index in [2.05, 4.69) is 0 Å². The Morgan fingerprint density at radius 3 is 2.44 bits per heavy atom. The van der Waals surface area contributed by atoms with Gasteiger partial charge in [-0.2, -0.15) is 0 Å². The third-order valence-corrected chi connectivity index (χ3v) is 2.03. The lowest BCUT2D eigenvalue weighted by molar-refractivity contribution is -0.386. The molecule has 0 saturated carbocycles. The van der Waals surface area contributed by atoms with Crippen LogP contribution < -0.4 is 5.73 Å². The van der Waals surface area contributed by atoms with Crippen LogP contribution in [0.5, 0.6) is 0 Å². The van der Waals surface area contributed by atoms with Gasteiger partial charge in [0.1, 0.15) is 5.56 Å². The third-order valence-electron chi connectivity index (χ3n) is 2.03. The Kier molecular flexibility index (Phi) is 3.17.